The average molecular weight is 275 g/mol. The minimum absolute atomic E-state index is 0.0656. The Balaban J connectivity index is 1.78. The fourth-order valence-electron chi connectivity index (χ4n) is 3.43. The van der Waals surface area contributed by atoms with Crippen molar-refractivity contribution in [3.8, 4) is 5.75 Å². The lowest BCUT2D eigenvalue weighted by Crippen LogP contribution is -2.49. The molecule has 1 aromatic carbocycles. The Morgan fingerprint density at radius 1 is 1.45 bits per heavy atom. The molecule has 1 aromatic rings. The van der Waals surface area contributed by atoms with E-state index in [1.165, 1.54) is 5.56 Å². The van der Waals surface area contributed by atoms with Gasteiger partial charge in [0.2, 0.25) is 0 Å². The van der Waals surface area contributed by atoms with Crippen molar-refractivity contribution < 1.29 is 14.6 Å². The van der Waals surface area contributed by atoms with Gasteiger partial charge in [-0.05, 0) is 49.1 Å². The summed E-state index contributed by atoms with van der Waals surface area (Å²) in [6, 6.07) is 5.99. The van der Waals surface area contributed by atoms with Gasteiger partial charge in [-0.1, -0.05) is 6.07 Å². The molecule has 0 amide bonds. The van der Waals surface area contributed by atoms with Crippen LogP contribution >= 0.6 is 0 Å². The van der Waals surface area contributed by atoms with Crippen molar-refractivity contribution in [2.24, 2.45) is 0 Å². The van der Waals surface area contributed by atoms with E-state index in [1.807, 2.05) is 12.1 Å². The summed E-state index contributed by atoms with van der Waals surface area (Å²) < 4.78 is 5.98. The van der Waals surface area contributed by atoms with Gasteiger partial charge < -0.3 is 14.6 Å². The Labute approximate surface area is 119 Å². The minimum atomic E-state index is 0.0656. The van der Waals surface area contributed by atoms with E-state index in [9.17, 15) is 9.90 Å². The third-order valence-corrected chi connectivity index (χ3v) is 4.41. The van der Waals surface area contributed by atoms with E-state index >= 15 is 0 Å². The predicted molar refractivity (Wildman–Crippen MR) is 75.8 cm³/mol. The highest BCUT2D eigenvalue weighted by Crippen LogP contribution is 2.39. The third-order valence-electron chi connectivity index (χ3n) is 4.41. The lowest BCUT2D eigenvalue weighted by atomic mass is 9.84. The van der Waals surface area contributed by atoms with Gasteiger partial charge in [0.15, 0.2) is 0 Å². The van der Waals surface area contributed by atoms with Crippen molar-refractivity contribution in [3.05, 3.63) is 29.3 Å². The number of aryl methyl sites for hydroxylation is 1. The number of phenols is 1. The van der Waals surface area contributed by atoms with Gasteiger partial charge in [-0.2, -0.15) is 0 Å². The molecule has 20 heavy (non-hydrogen) atoms. The number of phenolic OH excluding ortho intramolecular Hbond substituents is 1. The first-order chi connectivity index (χ1) is 9.79. The molecule has 4 heteroatoms. The Hall–Kier alpha value is -1.39. The molecule has 0 radical (unpaired) electrons. The van der Waals surface area contributed by atoms with Gasteiger partial charge in [-0.25, -0.2) is 0 Å². The predicted octanol–water partition coefficient (Wildman–Crippen LogP) is 2.06. The molecule has 0 unspecified atom stereocenters. The standard InChI is InChI=1S/C16H21NO3/c18-9-2-1-7-17-8-10-20-16-14-11-13(19)5-3-12(14)4-6-15(16)17/h3,5,9,11,15-16,19H,1-2,4,6-8,10H2/t15-,16-/m1/s1. The van der Waals surface area contributed by atoms with E-state index in [0.29, 0.717) is 18.2 Å². The molecule has 2 atom stereocenters. The zero-order valence-corrected chi connectivity index (χ0v) is 11.6. The molecule has 1 N–H and O–H groups in total. The molecule has 0 aromatic heterocycles. The lowest BCUT2D eigenvalue weighted by molar-refractivity contribution is -0.108. The molecule has 2 aliphatic rings. The number of hydrogen-bond donors (Lipinski definition) is 1. The number of benzene rings is 1. The number of aromatic hydroxyl groups is 1. The maximum Gasteiger partial charge on any atom is 0.120 e. The fraction of sp³-hybridized carbons (Fsp3) is 0.562. The van der Waals surface area contributed by atoms with Crippen molar-refractivity contribution in [3.63, 3.8) is 0 Å². The van der Waals surface area contributed by atoms with Gasteiger partial charge in [0.05, 0.1) is 12.7 Å². The molecule has 108 valence electrons. The summed E-state index contributed by atoms with van der Waals surface area (Å²) in [5.41, 5.74) is 2.43. The van der Waals surface area contributed by atoms with Crippen molar-refractivity contribution in [2.75, 3.05) is 19.7 Å². The molecule has 1 fully saturated rings. The summed E-state index contributed by atoms with van der Waals surface area (Å²) in [7, 11) is 0. The van der Waals surface area contributed by atoms with Crippen LogP contribution in [0.1, 0.15) is 36.5 Å². The zero-order chi connectivity index (χ0) is 13.9. The van der Waals surface area contributed by atoms with E-state index < -0.39 is 0 Å². The van der Waals surface area contributed by atoms with Crippen molar-refractivity contribution in [1.29, 1.82) is 0 Å². The van der Waals surface area contributed by atoms with Crippen molar-refractivity contribution in [2.45, 2.75) is 37.8 Å². The Bertz CT molecular complexity index is 489. The second kappa shape index (κ2) is 5.94. The maximum atomic E-state index is 10.5. The van der Waals surface area contributed by atoms with Crippen molar-refractivity contribution in [1.82, 2.24) is 4.90 Å². The van der Waals surface area contributed by atoms with Gasteiger partial charge in [-0.3, -0.25) is 4.90 Å². The van der Waals surface area contributed by atoms with E-state index in [2.05, 4.69) is 4.90 Å². The number of hydrogen-bond acceptors (Lipinski definition) is 4. The van der Waals surface area contributed by atoms with E-state index in [-0.39, 0.29) is 6.10 Å². The van der Waals surface area contributed by atoms with Crippen LogP contribution in [-0.2, 0) is 16.0 Å². The number of carbonyl (C=O) groups is 1. The van der Waals surface area contributed by atoms with Crippen molar-refractivity contribution >= 4 is 6.29 Å². The summed E-state index contributed by atoms with van der Waals surface area (Å²) in [5, 5.41) is 9.71. The van der Waals surface area contributed by atoms with Crippen LogP contribution in [0.3, 0.4) is 0 Å². The number of aldehydes is 1. The Morgan fingerprint density at radius 2 is 2.35 bits per heavy atom. The van der Waals surface area contributed by atoms with Gasteiger partial charge >= 0.3 is 0 Å². The summed E-state index contributed by atoms with van der Waals surface area (Å²) in [6.45, 7) is 2.61. The lowest BCUT2D eigenvalue weighted by Gasteiger charge is -2.44. The van der Waals surface area contributed by atoms with Gasteiger partial charge in [0.25, 0.3) is 0 Å². The average Bonchev–Trinajstić information content (AvgIpc) is 2.47. The summed E-state index contributed by atoms with van der Waals surface area (Å²) in [5.74, 6) is 0.311. The molecule has 1 aliphatic heterocycles. The molecule has 4 nitrogen and oxygen atoms in total. The van der Waals surface area contributed by atoms with Crippen LogP contribution in [0.5, 0.6) is 5.75 Å². The molecular weight excluding hydrogens is 254 g/mol. The molecule has 0 bridgehead atoms. The molecule has 0 spiro atoms. The van der Waals surface area contributed by atoms with Crippen LogP contribution in [0, 0.1) is 0 Å². The first-order valence-electron chi connectivity index (χ1n) is 7.40. The maximum absolute atomic E-state index is 10.5. The third kappa shape index (κ3) is 2.58. The number of ether oxygens (including phenoxy) is 1. The summed E-state index contributed by atoms with van der Waals surface area (Å²) >= 11 is 0. The Kier molecular flexibility index (Phi) is 4.03. The monoisotopic (exact) mass is 275 g/mol. The second-order valence-corrected chi connectivity index (χ2v) is 5.63. The largest absolute Gasteiger partial charge is 0.508 e. The highest BCUT2D eigenvalue weighted by atomic mass is 16.5. The molecule has 1 saturated heterocycles. The topological polar surface area (TPSA) is 49.8 Å². The quantitative estimate of drug-likeness (QED) is 0.675. The first kappa shape index (κ1) is 13.6. The number of nitrogens with zero attached hydrogens (tertiary/aromatic N) is 1. The number of rotatable bonds is 4. The van der Waals surface area contributed by atoms with Crippen LogP contribution < -0.4 is 0 Å². The van der Waals surface area contributed by atoms with Crippen LogP contribution in [0.2, 0.25) is 0 Å². The number of unbranched alkanes of at least 4 members (excludes halogenated alkanes) is 1. The van der Waals surface area contributed by atoms with E-state index in [1.54, 1.807) is 6.07 Å². The van der Waals surface area contributed by atoms with Gasteiger partial charge in [-0.15, -0.1) is 0 Å². The normalized spacial score (nSPS) is 25.8. The van der Waals surface area contributed by atoms with Crippen LogP contribution in [-0.4, -0.2) is 42.0 Å². The molecule has 1 aliphatic carbocycles. The van der Waals surface area contributed by atoms with Crippen LogP contribution in [0.25, 0.3) is 0 Å². The number of carbonyl (C=O) groups excluding carboxylic acids is 1. The SMILES string of the molecule is O=CCCCN1CCO[C@@H]2c3cc(O)ccc3CC[C@H]21. The van der Waals surface area contributed by atoms with Crippen LogP contribution in [0.4, 0.5) is 0 Å². The number of fused-ring (bicyclic) bond motifs is 3. The van der Waals surface area contributed by atoms with E-state index in [0.717, 1.165) is 50.8 Å². The zero-order valence-electron chi connectivity index (χ0n) is 11.6. The molecular formula is C16H21NO3. The first-order valence-corrected chi connectivity index (χ1v) is 7.40. The van der Waals surface area contributed by atoms with Gasteiger partial charge in [0, 0.05) is 19.0 Å². The molecule has 3 rings (SSSR count). The molecule has 1 heterocycles. The highest BCUT2D eigenvalue weighted by molar-refractivity contribution is 5.49. The summed E-state index contributed by atoms with van der Waals surface area (Å²) in [4.78, 5) is 12.9. The van der Waals surface area contributed by atoms with Crippen LogP contribution in [0.15, 0.2) is 18.2 Å². The summed E-state index contributed by atoms with van der Waals surface area (Å²) in [6.07, 6.45) is 4.72. The fourth-order valence-corrected chi connectivity index (χ4v) is 3.43. The smallest absolute Gasteiger partial charge is 0.120 e. The highest BCUT2D eigenvalue weighted by Gasteiger charge is 2.37. The van der Waals surface area contributed by atoms with Gasteiger partial charge in [0.1, 0.15) is 12.0 Å². The number of morpholine rings is 1. The minimum Gasteiger partial charge on any atom is -0.508 e. The Morgan fingerprint density at radius 3 is 3.20 bits per heavy atom. The van der Waals surface area contributed by atoms with E-state index in [4.69, 9.17) is 4.74 Å². The second-order valence-electron chi connectivity index (χ2n) is 5.63. The molecule has 0 saturated carbocycles.